The van der Waals surface area contributed by atoms with Gasteiger partial charge >= 0.3 is 6.03 Å². The lowest BCUT2D eigenvalue weighted by atomic mass is 10.1. The van der Waals surface area contributed by atoms with Gasteiger partial charge in [-0.25, -0.2) is 9.78 Å². The summed E-state index contributed by atoms with van der Waals surface area (Å²) in [6.45, 7) is 8.67. The fourth-order valence-corrected chi connectivity index (χ4v) is 3.49. The van der Waals surface area contributed by atoms with Gasteiger partial charge in [-0.15, -0.1) is 0 Å². The Balaban J connectivity index is 1.40. The lowest BCUT2D eigenvalue weighted by Gasteiger charge is -2.35. The minimum Gasteiger partial charge on any atom is -0.353 e. The highest BCUT2D eigenvalue weighted by atomic mass is 16.2. The minimum atomic E-state index is -0.420. The number of hydrogen-bond acceptors (Lipinski definition) is 5. The van der Waals surface area contributed by atoms with Gasteiger partial charge in [-0.3, -0.25) is 9.59 Å². The lowest BCUT2D eigenvalue weighted by Crippen LogP contribution is -2.49. The molecule has 176 valence electrons. The Kier molecular flexibility index (Phi) is 7.87. The van der Waals surface area contributed by atoms with E-state index in [1.54, 1.807) is 30.5 Å². The second kappa shape index (κ2) is 10.8. The summed E-state index contributed by atoms with van der Waals surface area (Å²) in [5.41, 5.74) is 0.615. The third-order valence-corrected chi connectivity index (χ3v) is 5.10. The Morgan fingerprint density at radius 2 is 1.76 bits per heavy atom. The number of anilines is 2. The van der Waals surface area contributed by atoms with Crippen molar-refractivity contribution in [1.82, 2.24) is 20.5 Å². The summed E-state index contributed by atoms with van der Waals surface area (Å²) in [7, 11) is 0. The standard InChI is InChI=1S/C24H32N6O3/c1-24(2,3)28-22(32)18-7-6-8-19(17-18)27-23(33)26-12-10-21(31)30-15-13-29(14-16-30)20-9-4-5-11-25-20/h4-9,11,17H,10,12-16H2,1-3H3,(H,28,32)(H2,26,27,33). The Morgan fingerprint density at radius 3 is 2.42 bits per heavy atom. The number of hydrogen-bond donors (Lipinski definition) is 3. The summed E-state index contributed by atoms with van der Waals surface area (Å²) in [6.07, 6.45) is 1.99. The van der Waals surface area contributed by atoms with E-state index in [2.05, 4.69) is 25.8 Å². The second-order valence-corrected chi connectivity index (χ2v) is 8.97. The van der Waals surface area contributed by atoms with Crippen LogP contribution < -0.4 is 20.9 Å². The molecule has 0 spiro atoms. The molecule has 9 heteroatoms. The van der Waals surface area contributed by atoms with Crippen LogP contribution in [-0.2, 0) is 4.79 Å². The van der Waals surface area contributed by atoms with Crippen LogP contribution in [0.2, 0.25) is 0 Å². The zero-order valence-corrected chi connectivity index (χ0v) is 19.4. The van der Waals surface area contributed by atoms with Crippen molar-refractivity contribution in [2.24, 2.45) is 0 Å². The van der Waals surface area contributed by atoms with Crippen molar-refractivity contribution in [1.29, 1.82) is 0 Å². The van der Waals surface area contributed by atoms with E-state index in [9.17, 15) is 14.4 Å². The van der Waals surface area contributed by atoms with Crippen LogP contribution in [0.3, 0.4) is 0 Å². The molecule has 1 aromatic heterocycles. The molecule has 0 bridgehead atoms. The molecule has 0 unspecified atom stereocenters. The molecule has 1 fully saturated rings. The summed E-state index contributed by atoms with van der Waals surface area (Å²) < 4.78 is 0. The van der Waals surface area contributed by atoms with E-state index < -0.39 is 6.03 Å². The van der Waals surface area contributed by atoms with Gasteiger partial charge in [-0.2, -0.15) is 0 Å². The molecule has 2 aromatic rings. The molecular weight excluding hydrogens is 420 g/mol. The van der Waals surface area contributed by atoms with Gasteiger partial charge in [0.1, 0.15) is 5.82 Å². The zero-order valence-electron chi connectivity index (χ0n) is 19.4. The van der Waals surface area contributed by atoms with E-state index in [4.69, 9.17) is 0 Å². The molecule has 9 nitrogen and oxygen atoms in total. The second-order valence-electron chi connectivity index (χ2n) is 8.97. The highest BCUT2D eigenvalue weighted by Crippen LogP contribution is 2.14. The summed E-state index contributed by atoms with van der Waals surface area (Å²) in [6, 6.07) is 12.1. The van der Waals surface area contributed by atoms with Crippen molar-refractivity contribution in [3.8, 4) is 0 Å². The van der Waals surface area contributed by atoms with Crippen LogP contribution in [0.1, 0.15) is 37.6 Å². The largest absolute Gasteiger partial charge is 0.353 e. The van der Waals surface area contributed by atoms with Crippen molar-refractivity contribution in [2.75, 3.05) is 42.9 Å². The lowest BCUT2D eigenvalue weighted by molar-refractivity contribution is -0.131. The van der Waals surface area contributed by atoms with Crippen LogP contribution in [0.25, 0.3) is 0 Å². The molecule has 0 atom stereocenters. The normalized spacial score (nSPS) is 13.9. The number of nitrogens with one attached hydrogen (secondary N) is 3. The summed E-state index contributed by atoms with van der Waals surface area (Å²) in [5.74, 6) is 0.722. The highest BCUT2D eigenvalue weighted by Gasteiger charge is 2.21. The number of amides is 4. The molecule has 1 aliphatic heterocycles. The average molecular weight is 453 g/mol. The van der Waals surface area contributed by atoms with Gasteiger partial charge in [0.25, 0.3) is 5.91 Å². The Morgan fingerprint density at radius 1 is 1.00 bits per heavy atom. The van der Waals surface area contributed by atoms with E-state index in [0.29, 0.717) is 24.3 Å². The number of carbonyl (C=O) groups is 3. The fourth-order valence-electron chi connectivity index (χ4n) is 3.49. The maximum absolute atomic E-state index is 12.5. The molecule has 0 saturated carbocycles. The summed E-state index contributed by atoms with van der Waals surface area (Å²) in [4.78, 5) is 45.3. The van der Waals surface area contributed by atoms with E-state index >= 15 is 0 Å². The molecule has 3 rings (SSSR count). The molecule has 1 saturated heterocycles. The number of aromatic nitrogens is 1. The predicted octanol–water partition coefficient (Wildman–Crippen LogP) is 2.47. The van der Waals surface area contributed by atoms with Crippen LogP contribution in [-0.4, -0.2) is 66.0 Å². The summed E-state index contributed by atoms with van der Waals surface area (Å²) in [5, 5.41) is 8.30. The van der Waals surface area contributed by atoms with Gasteiger partial charge in [0.2, 0.25) is 5.91 Å². The first kappa shape index (κ1) is 24.0. The van der Waals surface area contributed by atoms with Gasteiger partial charge in [0.05, 0.1) is 0 Å². The Labute approximate surface area is 194 Å². The number of pyridine rings is 1. The highest BCUT2D eigenvalue weighted by molar-refractivity contribution is 5.97. The molecule has 0 aliphatic carbocycles. The van der Waals surface area contributed by atoms with E-state index in [1.807, 2.05) is 43.9 Å². The molecule has 4 amide bonds. The number of rotatable bonds is 6. The molecule has 1 aromatic carbocycles. The minimum absolute atomic E-state index is 0.0109. The number of urea groups is 1. The molecule has 0 radical (unpaired) electrons. The van der Waals surface area contributed by atoms with Gasteiger partial charge in [-0.1, -0.05) is 12.1 Å². The van der Waals surface area contributed by atoms with Gasteiger partial charge in [0, 0.05) is 62.1 Å². The maximum atomic E-state index is 12.5. The van der Waals surface area contributed by atoms with Crippen molar-refractivity contribution in [3.05, 3.63) is 54.2 Å². The Hall–Kier alpha value is -3.62. The average Bonchev–Trinajstić information content (AvgIpc) is 2.79. The Bertz CT molecular complexity index is 966. The van der Waals surface area contributed by atoms with Crippen molar-refractivity contribution >= 4 is 29.4 Å². The van der Waals surface area contributed by atoms with Crippen molar-refractivity contribution in [2.45, 2.75) is 32.7 Å². The third-order valence-electron chi connectivity index (χ3n) is 5.10. The van der Waals surface area contributed by atoms with Crippen LogP contribution >= 0.6 is 0 Å². The monoisotopic (exact) mass is 452 g/mol. The van der Waals surface area contributed by atoms with E-state index in [0.717, 1.165) is 18.9 Å². The third kappa shape index (κ3) is 7.48. The number of carbonyl (C=O) groups excluding carboxylic acids is 3. The first-order valence-electron chi connectivity index (χ1n) is 11.1. The molecule has 2 heterocycles. The first-order valence-corrected chi connectivity index (χ1v) is 11.1. The van der Waals surface area contributed by atoms with Crippen molar-refractivity contribution in [3.63, 3.8) is 0 Å². The van der Waals surface area contributed by atoms with Gasteiger partial charge in [-0.05, 0) is 51.1 Å². The quantitative estimate of drug-likeness (QED) is 0.624. The van der Waals surface area contributed by atoms with Crippen LogP contribution in [0, 0.1) is 0 Å². The molecule has 1 aliphatic rings. The van der Waals surface area contributed by atoms with Gasteiger partial charge < -0.3 is 25.8 Å². The first-order chi connectivity index (χ1) is 15.7. The zero-order chi connectivity index (χ0) is 23.8. The maximum Gasteiger partial charge on any atom is 0.319 e. The van der Waals surface area contributed by atoms with Crippen molar-refractivity contribution < 1.29 is 14.4 Å². The topological polar surface area (TPSA) is 107 Å². The van der Waals surface area contributed by atoms with E-state index in [1.165, 1.54) is 0 Å². The predicted molar refractivity (Wildman–Crippen MR) is 128 cm³/mol. The van der Waals surface area contributed by atoms with Crippen LogP contribution in [0.5, 0.6) is 0 Å². The fraction of sp³-hybridized carbons (Fsp3) is 0.417. The number of piperazine rings is 1. The molecule has 33 heavy (non-hydrogen) atoms. The van der Waals surface area contributed by atoms with Gasteiger partial charge in [0.15, 0.2) is 0 Å². The SMILES string of the molecule is CC(C)(C)NC(=O)c1cccc(NC(=O)NCCC(=O)N2CCN(c3ccccn3)CC2)c1. The number of nitrogens with zero attached hydrogens (tertiary/aromatic N) is 3. The van der Waals surface area contributed by atoms with E-state index in [-0.39, 0.29) is 30.3 Å². The molecule has 3 N–H and O–H groups in total. The van der Waals surface area contributed by atoms with Crippen LogP contribution in [0.4, 0.5) is 16.3 Å². The number of benzene rings is 1. The summed E-state index contributed by atoms with van der Waals surface area (Å²) >= 11 is 0. The van der Waals surface area contributed by atoms with Crippen LogP contribution in [0.15, 0.2) is 48.7 Å². The molecular formula is C24H32N6O3. The smallest absolute Gasteiger partial charge is 0.319 e.